The molecule has 0 radical (unpaired) electrons. The lowest BCUT2D eigenvalue weighted by Crippen LogP contribution is -1.94. The highest BCUT2D eigenvalue weighted by molar-refractivity contribution is 5.46. The summed E-state index contributed by atoms with van der Waals surface area (Å²) in [6.07, 6.45) is 0. The van der Waals surface area contributed by atoms with Crippen LogP contribution in [0.4, 0.5) is 10.1 Å². The lowest BCUT2D eigenvalue weighted by atomic mass is 10.2. The van der Waals surface area contributed by atoms with Crippen molar-refractivity contribution in [3.63, 3.8) is 0 Å². The lowest BCUT2D eigenvalue weighted by molar-refractivity contribution is -0.384. The van der Waals surface area contributed by atoms with Crippen molar-refractivity contribution in [2.24, 2.45) is 0 Å². The van der Waals surface area contributed by atoms with E-state index in [2.05, 4.69) is 0 Å². The lowest BCUT2D eigenvalue weighted by Gasteiger charge is -2.09. The molecule has 0 saturated carbocycles. The minimum atomic E-state index is -0.699. The Labute approximate surface area is 114 Å². The van der Waals surface area contributed by atoms with Crippen molar-refractivity contribution in [1.29, 1.82) is 5.26 Å². The molecule has 5 nitrogen and oxygen atoms in total. The van der Waals surface area contributed by atoms with Gasteiger partial charge in [-0.25, -0.2) is 4.39 Å². The first kappa shape index (κ1) is 13.5. The molecular weight excluding hydrogens is 263 g/mol. The van der Waals surface area contributed by atoms with E-state index in [1.807, 2.05) is 6.07 Å². The SMILES string of the molecule is Cc1ccc([N+](=O)[O-])cc1Oc1ccc(C#N)cc1F. The maximum atomic E-state index is 13.7. The second-order valence-corrected chi connectivity index (χ2v) is 4.07. The van der Waals surface area contributed by atoms with Crippen LogP contribution in [0.1, 0.15) is 11.1 Å². The van der Waals surface area contributed by atoms with Crippen molar-refractivity contribution >= 4 is 5.69 Å². The predicted molar refractivity (Wildman–Crippen MR) is 69.0 cm³/mol. The molecular formula is C14H9FN2O3. The molecule has 0 aromatic heterocycles. The minimum absolute atomic E-state index is 0.0902. The molecule has 0 fully saturated rings. The first-order valence-corrected chi connectivity index (χ1v) is 5.64. The molecule has 0 bridgehead atoms. The molecule has 0 atom stereocenters. The number of halogens is 1. The van der Waals surface area contributed by atoms with Gasteiger partial charge in [-0.1, -0.05) is 0 Å². The van der Waals surface area contributed by atoms with Gasteiger partial charge < -0.3 is 4.74 Å². The summed E-state index contributed by atoms with van der Waals surface area (Å²) in [5.74, 6) is -0.592. The van der Waals surface area contributed by atoms with E-state index in [-0.39, 0.29) is 22.7 Å². The molecule has 2 rings (SSSR count). The topological polar surface area (TPSA) is 76.2 Å². The van der Waals surface area contributed by atoms with Crippen molar-refractivity contribution < 1.29 is 14.1 Å². The first-order chi connectivity index (χ1) is 9.51. The van der Waals surface area contributed by atoms with Crippen LogP contribution in [0.25, 0.3) is 0 Å². The summed E-state index contributed by atoms with van der Waals surface area (Å²) in [5.41, 5.74) is 0.671. The Morgan fingerprint density at radius 1 is 1.25 bits per heavy atom. The van der Waals surface area contributed by atoms with E-state index >= 15 is 0 Å². The molecule has 0 aliphatic carbocycles. The summed E-state index contributed by atoms with van der Waals surface area (Å²) in [6, 6.07) is 9.67. The third kappa shape index (κ3) is 2.72. The molecule has 2 aromatic carbocycles. The van der Waals surface area contributed by atoms with Gasteiger partial charge in [-0.15, -0.1) is 0 Å². The number of ether oxygens (including phenoxy) is 1. The fourth-order valence-electron chi connectivity index (χ4n) is 1.58. The maximum Gasteiger partial charge on any atom is 0.273 e. The molecule has 0 aliphatic rings. The number of non-ortho nitro benzene ring substituents is 1. The Hall–Kier alpha value is -2.94. The second-order valence-electron chi connectivity index (χ2n) is 4.07. The molecule has 100 valence electrons. The van der Waals surface area contributed by atoms with Crippen LogP contribution in [0.15, 0.2) is 36.4 Å². The zero-order valence-corrected chi connectivity index (χ0v) is 10.5. The third-order valence-corrected chi connectivity index (χ3v) is 2.66. The summed E-state index contributed by atoms with van der Waals surface area (Å²) in [4.78, 5) is 10.2. The Morgan fingerprint density at radius 3 is 2.60 bits per heavy atom. The molecule has 0 amide bonds. The molecule has 2 aromatic rings. The molecule has 0 unspecified atom stereocenters. The summed E-state index contributed by atoms with van der Waals surface area (Å²) in [7, 11) is 0. The molecule has 0 saturated heterocycles. The van der Waals surface area contributed by atoms with Gasteiger partial charge in [0.05, 0.1) is 22.6 Å². The summed E-state index contributed by atoms with van der Waals surface area (Å²) >= 11 is 0. The Morgan fingerprint density at radius 2 is 2.00 bits per heavy atom. The number of aryl methyl sites for hydroxylation is 1. The fraction of sp³-hybridized carbons (Fsp3) is 0.0714. The fourth-order valence-corrected chi connectivity index (χ4v) is 1.58. The molecule has 6 heteroatoms. The highest BCUT2D eigenvalue weighted by Gasteiger charge is 2.12. The van der Waals surface area contributed by atoms with Crippen LogP contribution in [0.3, 0.4) is 0 Å². The van der Waals surface area contributed by atoms with E-state index in [0.717, 1.165) is 6.07 Å². The number of hydrogen-bond donors (Lipinski definition) is 0. The largest absolute Gasteiger partial charge is 0.454 e. The van der Waals surface area contributed by atoms with Crippen LogP contribution < -0.4 is 4.74 Å². The monoisotopic (exact) mass is 272 g/mol. The van der Waals surface area contributed by atoms with Gasteiger partial charge in [0.25, 0.3) is 5.69 Å². The maximum absolute atomic E-state index is 13.7. The number of rotatable bonds is 3. The highest BCUT2D eigenvalue weighted by Crippen LogP contribution is 2.30. The molecule has 0 spiro atoms. The van der Waals surface area contributed by atoms with Crippen molar-refractivity contribution in [3.05, 3.63) is 63.5 Å². The smallest absolute Gasteiger partial charge is 0.273 e. The number of nitrogens with zero attached hydrogens (tertiary/aromatic N) is 2. The van der Waals surface area contributed by atoms with E-state index in [4.69, 9.17) is 10.00 Å². The van der Waals surface area contributed by atoms with Crippen LogP contribution in [0, 0.1) is 34.2 Å². The van der Waals surface area contributed by atoms with Crippen LogP contribution in [-0.2, 0) is 0 Å². The van der Waals surface area contributed by atoms with E-state index in [9.17, 15) is 14.5 Å². The van der Waals surface area contributed by atoms with E-state index in [1.165, 1.54) is 30.3 Å². The van der Waals surface area contributed by atoms with Gasteiger partial charge in [0, 0.05) is 6.07 Å². The number of hydrogen-bond acceptors (Lipinski definition) is 4. The Balaban J connectivity index is 2.37. The average Bonchev–Trinajstić information content (AvgIpc) is 2.42. The molecule has 0 aliphatic heterocycles. The van der Waals surface area contributed by atoms with Gasteiger partial charge in [0.2, 0.25) is 0 Å². The van der Waals surface area contributed by atoms with E-state index in [1.54, 1.807) is 6.92 Å². The predicted octanol–water partition coefficient (Wildman–Crippen LogP) is 3.71. The van der Waals surface area contributed by atoms with Gasteiger partial charge in [-0.05, 0) is 36.8 Å². The second kappa shape index (κ2) is 5.36. The minimum Gasteiger partial charge on any atom is -0.454 e. The molecule has 0 N–H and O–H groups in total. The van der Waals surface area contributed by atoms with Gasteiger partial charge >= 0.3 is 0 Å². The molecule has 0 heterocycles. The van der Waals surface area contributed by atoms with E-state index in [0.29, 0.717) is 5.56 Å². The summed E-state index contributed by atoms with van der Waals surface area (Å²) < 4.78 is 19.0. The first-order valence-electron chi connectivity index (χ1n) is 5.64. The zero-order valence-electron chi connectivity index (χ0n) is 10.5. The zero-order chi connectivity index (χ0) is 14.7. The van der Waals surface area contributed by atoms with Gasteiger partial charge in [-0.2, -0.15) is 5.26 Å². The normalized spacial score (nSPS) is 9.85. The van der Waals surface area contributed by atoms with Gasteiger partial charge in [0.1, 0.15) is 5.75 Å². The van der Waals surface area contributed by atoms with Crippen LogP contribution >= 0.6 is 0 Å². The molecule has 20 heavy (non-hydrogen) atoms. The third-order valence-electron chi connectivity index (χ3n) is 2.66. The van der Waals surface area contributed by atoms with Crippen molar-refractivity contribution in [3.8, 4) is 17.6 Å². The Bertz CT molecular complexity index is 723. The van der Waals surface area contributed by atoms with Crippen LogP contribution in [0.2, 0.25) is 0 Å². The average molecular weight is 272 g/mol. The number of nitriles is 1. The van der Waals surface area contributed by atoms with Crippen molar-refractivity contribution in [2.75, 3.05) is 0 Å². The summed E-state index contributed by atoms with van der Waals surface area (Å²) in [6.45, 7) is 1.70. The quantitative estimate of drug-likeness (QED) is 0.630. The summed E-state index contributed by atoms with van der Waals surface area (Å²) in [5, 5.41) is 19.4. The van der Waals surface area contributed by atoms with Crippen molar-refractivity contribution in [2.45, 2.75) is 6.92 Å². The van der Waals surface area contributed by atoms with Crippen LogP contribution in [0.5, 0.6) is 11.5 Å². The highest BCUT2D eigenvalue weighted by atomic mass is 19.1. The Kier molecular flexibility index (Phi) is 3.62. The van der Waals surface area contributed by atoms with Gasteiger partial charge in [-0.3, -0.25) is 10.1 Å². The van der Waals surface area contributed by atoms with Crippen molar-refractivity contribution in [1.82, 2.24) is 0 Å². The van der Waals surface area contributed by atoms with E-state index < -0.39 is 10.7 Å². The standard InChI is InChI=1S/C14H9FN2O3/c1-9-2-4-11(17(18)19)7-14(9)20-13-5-3-10(8-16)6-12(13)15/h2-7H,1H3. The number of nitro benzene ring substituents is 1. The number of benzene rings is 2. The van der Waals surface area contributed by atoms with Crippen LogP contribution in [-0.4, -0.2) is 4.92 Å². The van der Waals surface area contributed by atoms with Gasteiger partial charge in [0.15, 0.2) is 11.6 Å². The number of nitro groups is 1.